The Morgan fingerprint density at radius 1 is 1.39 bits per heavy atom. The molecule has 0 spiro atoms. The summed E-state index contributed by atoms with van der Waals surface area (Å²) in [6.45, 7) is 4.06. The summed E-state index contributed by atoms with van der Waals surface area (Å²) >= 11 is 0. The molecule has 0 aromatic carbocycles. The maximum absolute atomic E-state index is 11.9. The Hall–Kier alpha value is -2.24. The molecule has 6 nitrogen and oxygen atoms in total. The van der Waals surface area contributed by atoms with E-state index in [2.05, 4.69) is 25.7 Å². The molecule has 0 unspecified atom stereocenters. The summed E-state index contributed by atoms with van der Waals surface area (Å²) in [5, 5.41) is 12.7. The molecule has 0 fully saturated rings. The van der Waals surface area contributed by atoms with Gasteiger partial charge < -0.3 is 5.32 Å². The SMILES string of the molecule is CC(C)[C@H](NC(=O)c1cn[nH]n1)c1ccccn1. The molecule has 1 atom stereocenters. The molecule has 2 aromatic rings. The van der Waals surface area contributed by atoms with Crippen molar-refractivity contribution in [2.24, 2.45) is 5.92 Å². The Kier molecular flexibility index (Phi) is 3.66. The number of nitrogens with zero attached hydrogens (tertiary/aromatic N) is 3. The number of carbonyl (C=O) groups is 1. The fourth-order valence-corrected chi connectivity index (χ4v) is 1.67. The van der Waals surface area contributed by atoms with E-state index in [1.54, 1.807) is 6.20 Å². The van der Waals surface area contributed by atoms with Crippen molar-refractivity contribution in [3.8, 4) is 0 Å². The van der Waals surface area contributed by atoms with E-state index in [1.807, 2.05) is 32.0 Å². The normalized spacial score (nSPS) is 12.4. The second kappa shape index (κ2) is 5.39. The predicted octanol–water partition coefficient (Wildman–Crippen LogP) is 1.33. The van der Waals surface area contributed by atoms with Gasteiger partial charge in [-0.3, -0.25) is 9.78 Å². The van der Waals surface area contributed by atoms with Crippen LogP contribution in [0.15, 0.2) is 30.6 Å². The van der Waals surface area contributed by atoms with Gasteiger partial charge in [-0.2, -0.15) is 15.4 Å². The van der Waals surface area contributed by atoms with Crippen LogP contribution in [0.3, 0.4) is 0 Å². The van der Waals surface area contributed by atoms with Crippen LogP contribution in [0, 0.1) is 5.92 Å². The number of amides is 1. The van der Waals surface area contributed by atoms with Crippen molar-refractivity contribution in [2.45, 2.75) is 19.9 Å². The Morgan fingerprint density at radius 3 is 2.78 bits per heavy atom. The topological polar surface area (TPSA) is 83.6 Å². The number of aromatic amines is 1. The van der Waals surface area contributed by atoms with Crippen LogP contribution in [0.4, 0.5) is 0 Å². The van der Waals surface area contributed by atoms with Gasteiger partial charge >= 0.3 is 0 Å². The summed E-state index contributed by atoms with van der Waals surface area (Å²) in [5.74, 6) is -0.0242. The zero-order valence-corrected chi connectivity index (χ0v) is 10.3. The fourth-order valence-electron chi connectivity index (χ4n) is 1.67. The Bertz CT molecular complexity index is 494. The molecule has 2 rings (SSSR count). The van der Waals surface area contributed by atoms with Crippen LogP contribution in [0.2, 0.25) is 0 Å². The van der Waals surface area contributed by atoms with Gasteiger partial charge in [-0.15, -0.1) is 0 Å². The maximum atomic E-state index is 11.9. The van der Waals surface area contributed by atoms with Gasteiger partial charge in [0.05, 0.1) is 17.9 Å². The predicted molar refractivity (Wildman–Crippen MR) is 65.7 cm³/mol. The molecule has 0 aliphatic carbocycles. The molecule has 18 heavy (non-hydrogen) atoms. The lowest BCUT2D eigenvalue weighted by Gasteiger charge is -2.21. The second-order valence-corrected chi connectivity index (χ2v) is 4.30. The zero-order valence-electron chi connectivity index (χ0n) is 10.3. The number of aromatic nitrogens is 4. The maximum Gasteiger partial charge on any atom is 0.274 e. The van der Waals surface area contributed by atoms with E-state index in [9.17, 15) is 4.79 Å². The smallest absolute Gasteiger partial charge is 0.274 e. The van der Waals surface area contributed by atoms with Crippen LogP contribution in [0.25, 0.3) is 0 Å². The van der Waals surface area contributed by atoms with Crippen molar-refractivity contribution in [3.05, 3.63) is 42.0 Å². The highest BCUT2D eigenvalue weighted by atomic mass is 16.2. The van der Waals surface area contributed by atoms with Gasteiger partial charge in [0.15, 0.2) is 5.69 Å². The Labute approximate surface area is 105 Å². The fraction of sp³-hybridized carbons (Fsp3) is 0.333. The summed E-state index contributed by atoms with van der Waals surface area (Å²) in [4.78, 5) is 16.2. The standard InChI is InChI=1S/C12H15N5O/c1-8(2)11(9-5-3-4-6-13-9)15-12(18)10-7-14-17-16-10/h3-8,11H,1-2H3,(H,15,18)(H,14,16,17)/t11-/m0/s1. The molecule has 0 saturated carbocycles. The first kappa shape index (κ1) is 12.2. The lowest BCUT2D eigenvalue weighted by atomic mass is 10.00. The molecule has 1 amide bonds. The van der Waals surface area contributed by atoms with Crippen LogP contribution >= 0.6 is 0 Å². The van der Waals surface area contributed by atoms with Gasteiger partial charge in [0.1, 0.15) is 0 Å². The second-order valence-electron chi connectivity index (χ2n) is 4.30. The Balaban J connectivity index is 2.15. The molecule has 2 aromatic heterocycles. The van der Waals surface area contributed by atoms with Gasteiger partial charge in [-0.05, 0) is 18.1 Å². The molecular weight excluding hydrogens is 230 g/mol. The molecule has 2 N–H and O–H groups in total. The molecule has 0 aliphatic heterocycles. The third-order valence-corrected chi connectivity index (χ3v) is 2.61. The number of hydrogen-bond acceptors (Lipinski definition) is 4. The van der Waals surface area contributed by atoms with E-state index in [0.717, 1.165) is 5.69 Å². The summed E-state index contributed by atoms with van der Waals surface area (Å²) in [6.07, 6.45) is 3.11. The van der Waals surface area contributed by atoms with Crippen LogP contribution in [-0.2, 0) is 0 Å². The summed E-state index contributed by atoms with van der Waals surface area (Å²) in [7, 11) is 0. The first-order chi connectivity index (χ1) is 8.68. The average Bonchev–Trinajstić information content (AvgIpc) is 2.90. The highest BCUT2D eigenvalue weighted by molar-refractivity contribution is 5.92. The first-order valence-corrected chi connectivity index (χ1v) is 5.76. The van der Waals surface area contributed by atoms with E-state index in [4.69, 9.17) is 0 Å². The number of nitrogens with one attached hydrogen (secondary N) is 2. The molecule has 94 valence electrons. The summed E-state index contributed by atoms with van der Waals surface area (Å²) in [6, 6.07) is 5.50. The quantitative estimate of drug-likeness (QED) is 0.851. The third-order valence-electron chi connectivity index (χ3n) is 2.61. The molecular formula is C12H15N5O. The first-order valence-electron chi connectivity index (χ1n) is 5.76. The third kappa shape index (κ3) is 2.71. The van der Waals surface area contributed by atoms with Gasteiger partial charge in [0.2, 0.25) is 0 Å². The molecule has 0 bridgehead atoms. The summed E-state index contributed by atoms with van der Waals surface area (Å²) in [5.41, 5.74) is 1.11. The van der Waals surface area contributed by atoms with Gasteiger partial charge in [0, 0.05) is 6.20 Å². The van der Waals surface area contributed by atoms with E-state index in [-0.39, 0.29) is 23.6 Å². The van der Waals surface area contributed by atoms with Crippen LogP contribution in [0.5, 0.6) is 0 Å². The number of H-pyrrole nitrogens is 1. The number of hydrogen-bond donors (Lipinski definition) is 2. The number of pyridine rings is 1. The van der Waals surface area contributed by atoms with Gasteiger partial charge in [-0.25, -0.2) is 0 Å². The van der Waals surface area contributed by atoms with Crippen molar-refractivity contribution in [3.63, 3.8) is 0 Å². The van der Waals surface area contributed by atoms with E-state index < -0.39 is 0 Å². The van der Waals surface area contributed by atoms with Crippen molar-refractivity contribution in [2.75, 3.05) is 0 Å². The summed E-state index contributed by atoms with van der Waals surface area (Å²) < 4.78 is 0. The lowest BCUT2D eigenvalue weighted by Crippen LogP contribution is -2.32. The highest BCUT2D eigenvalue weighted by Gasteiger charge is 2.21. The van der Waals surface area contributed by atoms with Crippen molar-refractivity contribution < 1.29 is 4.79 Å². The highest BCUT2D eigenvalue weighted by Crippen LogP contribution is 2.19. The van der Waals surface area contributed by atoms with E-state index in [0.29, 0.717) is 0 Å². The van der Waals surface area contributed by atoms with E-state index in [1.165, 1.54) is 6.20 Å². The molecule has 6 heteroatoms. The van der Waals surface area contributed by atoms with Crippen LogP contribution in [-0.4, -0.2) is 26.3 Å². The van der Waals surface area contributed by atoms with Crippen molar-refractivity contribution in [1.29, 1.82) is 0 Å². The lowest BCUT2D eigenvalue weighted by molar-refractivity contribution is 0.0919. The van der Waals surface area contributed by atoms with Crippen molar-refractivity contribution in [1.82, 2.24) is 25.7 Å². The number of rotatable bonds is 4. The largest absolute Gasteiger partial charge is 0.342 e. The minimum atomic E-state index is -0.256. The zero-order chi connectivity index (χ0) is 13.0. The average molecular weight is 245 g/mol. The van der Waals surface area contributed by atoms with E-state index >= 15 is 0 Å². The number of carbonyl (C=O) groups excluding carboxylic acids is 1. The van der Waals surface area contributed by atoms with Crippen molar-refractivity contribution >= 4 is 5.91 Å². The van der Waals surface area contributed by atoms with Gasteiger partial charge in [-0.1, -0.05) is 19.9 Å². The van der Waals surface area contributed by atoms with Crippen LogP contribution < -0.4 is 5.32 Å². The molecule has 0 aliphatic rings. The Morgan fingerprint density at radius 2 is 2.22 bits per heavy atom. The molecule has 0 saturated heterocycles. The molecule has 2 heterocycles. The van der Waals surface area contributed by atoms with Crippen LogP contribution in [0.1, 0.15) is 36.1 Å². The minimum absolute atomic E-state index is 0.143. The molecule has 0 radical (unpaired) electrons. The minimum Gasteiger partial charge on any atom is -0.342 e. The monoisotopic (exact) mass is 245 g/mol. The van der Waals surface area contributed by atoms with Gasteiger partial charge in [0.25, 0.3) is 5.91 Å².